The second-order valence-electron chi connectivity index (χ2n) is 4.24. The Balaban J connectivity index is 3.00. The molecule has 1 aromatic rings. The molecule has 0 spiro atoms. The first-order chi connectivity index (χ1) is 7.57. The minimum Gasteiger partial charge on any atom is -0.377 e. The van der Waals surface area contributed by atoms with Gasteiger partial charge in [-0.2, -0.15) is 0 Å². The van der Waals surface area contributed by atoms with Crippen molar-refractivity contribution in [3.8, 4) is 0 Å². The quantitative estimate of drug-likeness (QED) is 0.827. The molecular weight excluding hydrogens is 203 g/mol. The van der Waals surface area contributed by atoms with Gasteiger partial charge in [-0.3, -0.25) is 0 Å². The largest absolute Gasteiger partial charge is 0.377 e. The molecule has 0 aliphatic rings. The van der Waals surface area contributed by atoms with E-state index < -0.39 is 0 Å². The first kappa shape index (κ1) is 13.0. The van der Waals surface area contributed by atoms with Gasteiger partial charge < -0.3 is 10.2 Å². The maximum absolute atomic E-state index is 13.8. The summed E-state index contributed by atoms with van der Waals surface area (Å²) in [6.07, 6.45) is 1.05. The predicted molar refractivity (Wildman–Crippen MR) is 67.4 cm³/mol. The van der Waals surface area contributed by atoms with Crippen LogP contribution in [-0.2, 0) is 0 Å². The maximum atomic E-state index is 13.8. The van der Waals surface area contributed by atoms with Crippen LogP contribution in [0.3, 0.4) is 0 Å². The second kappa shape index (κ2) is 5.85. The van der Waals surface area contributed by atoms with Crippen molar-refractivity contribution in [2.24, 2.45) is 0 Å². The monoisotopic (exact) mass is 224 g/mol. The van der Waals surface area contributed by atoms with Gasteiger partial charge in [0.05, 0.1) is 0 Å². The molecule has 0 bridgehead atoms. The molecule has 0 aliphatic carbocycles. The average molecular weight is 224 g/mol. The number of nitrogens with zero attached hydrogens (tertiary/aromatic N) is 1. The van der Waals surface area contributed by atoms with E-state index in [4.69, 9.17) is 0 Å². The Labute approximate surface area is 97.5 Å². The summed E-state index contributed by atoms with van der Waals surface area (Å²) in [5, 5.41) is 3.32. The molecule has 2 nitrogen and oxygen atoms in total. The fraction of sp³-hybridized carbons (Fsp3) is 0.538. The Morgan fingerprint density at radius 3 is 2.62 bits per heavy atom. The van der Waals surface area contributed by atoms with Gasteiger partial charge in [-0.25, -0.2) is 4.39 Å². The Kier molecular flexibility index (Phi) is 4.74. The molecule has 0 amide bonds. The van der Waals surface area contributed by atoms with Crippen molar-refractivity contribution in [1.82, 2.24) is 5.32 Å². The van der Waals surface area contributed by atoms with Crippen molar-refractivity contribution >= 4 is 5.69 Å². The van der Waals surface area contributed by atoms with Crippen LogP contribution in [0.15, 0.2) is 18.2 Å². The number of halogens is 1. The van der Waals surface area contributed by atoms with Crippen LogP contribution in [-0.4, -0.2) is 20.6 Å². The molecule has 0 saturated heterocycles. The molecule has 3 heteroatoms. The highest BCUT2D eigenvalue weighted by atomic mass is 19.1. The van der Waals surface area contributed by atoms with E-state index in [1.165, 1.54) is 6.07 Å². The minimum atomic E-state index is -0.137. The van der Waals surface area contributed by atoms with E-state index in [2.05, 4.69) is 12.2 Å². The molecule has 0 aromatic heterocycles. The molecule has 1 unspecified atom stereocenters. The van der Waals surface area contributed by atoms with E-state index in [1.807, 2.05) is 32.0 Å². The Bertz CT molecular complexity index is 337. The first-order valence-corrected chi connectivity index (χ1v) is 5.77. The van der Waals surface area contributed by atoms with Crippen LogP contribution in [0, 0.1) is 5.82 Å². The van der Waals surface area contributed by atoms with E-state index in [9.17, 15) is 4.39 Å². The van der Waals surface area contributed by atoms with E-state index in [0.29, 0.717) is 0 Å². The summed E-state index contributed by atoms with van der Waals surface area (Å²) >= 11 is 0. The lowest BCUT2D eigenvalue weighted by Crippen LogP contribution is -2.23. The van der Waals surface area contributed by atoms with Gasteiger partial charge in [0.25, 0.3) is 0 Å². The highest BCUT2D eigenvalue weighted by molar-refractivity contribution is 5.54. The lowest BCUT2D eigenvalue weighted by atomic mass is 10.0. The van der Waals surface area contributed by atoms with Crippen LogP contribution in [0.1, 0.15) is 31.9 Å². The van der Waals surface area contributed by atoms with Crippen molar-refractivity contribution in [2.45, 2.75) is 26.3 Å². The lowest BCUT2D eigenvalue weighted by molar-refractivity contribution is 0.527. The third kappa shape index (κ3) is 2.95. The average Bonchev–Trinajstić information content (AvgIpc) is 2.25. The van der Waals surface area contributed by atoms with Gasteiger partial charge in [-0.1, -0.05) is 13.0 Å². The SMILES string of the molecule is CCCNC(C)c1c(F)cccc1N(C)C. The maximum Gasteiger partial charge on any atom is 0.130 e. The lowest BCUT2D eigenvalue weighted by Gasteiger charge is -2.22. The van der Waals surface area contributed by atoms with Crippen LogP contribution in [0.4, 0.5) is 10.1 Å². The number of benzene rings is 1. The molecule has 0 saturated carbocycles. The molecule has 90 valence electrons. The molecule has 1 rings (SSSR count). The predicted octanol–water partition coefficient (Wildman–Crippen LogP) is 2.95. The zero-order chi connectivity index (χ0) is 12.1. The van der Waals surface area contributed by atoms with Crippen LogP contribution >= 0.6 is 0 Å². The molecule has 0 fully saturated rings. The van der Waals surface area contributed by atoms with Gasteiger partial charge >= 0.3 is 0 Å². The third-order valence-corrected chi connectivity index (χ3v) is 2.65. The minimum absolute atomic E-state index is 0.0403. The van der Waals surface area contributed by atoms with Gasteiger partial charge in [-0.05, 0) is 32.0 Å². The fourth-order valence-electron chi connectivity index (χ4n) is 1.81. The van der Waals surface area contributed by atoms with Crippen molar-refractivity contribution in [3.63, 3.8) is 0 Å². The second-order valence-corrected chi connectivity index (χ2v) is 4.24. The third-order valence-electron chi connectivity index (χ3n) is 2.65. The number of anilines is 1. The number of hydrogen-bond acceptors (Lipinski definition) is 2. The summed E-state index contributed by atoms with van der Waals surface area (Å²) in [6, 6.07) is 5.26. The number of hydrogen-bond donors (Lipinski definition) is 1. The zero-order valence-corrected chi connectivity index (χ0v) is 10.5. The van der Waals surface area contributed by atoms with Crippen molar-refractivity contribution in [1.29, 1.82) is 0 Å². The van der Waals surface area contributed by atoms with E-state index in [0.717, 1.165) is 24.2 Å². The van der Waals surface area contributed by atoms with E-state index >= 15 is 0 Å². The molecule has 1 aromatic carbocycles. The standard InChI is InChI=1S/C13H21FN2/c1-5-9-15-10(2)13-11(14)7-6-8-12(13)16(3)4/h6-8,10,15H,5,9H2,1-4H3. The summed E-state index contributed by atoms with van der Waals surface area (Å²) in [4.78, 5) is 1.95. The van der Waals surface area contributed by atoms with Crippen molar-refractivity contribution in [3.05, 3.63) is 29.6 Å². The first-order valence-electron chi connectivity index (χ1n) is 5.77. The molecule has 0 radical (unpaired) electrons. The molecular formula is C13H21FN2. The summed E-state index contributed by atoms with van der Waals surface area (Å²) in [5.74, 6) is -0.137. The normalized spacial score (nSPS) is 12.6. The Hall–Kier alpha value is -1.09. The Morgan fingerprint density at radius 1 is 1.38 bits per heavy atom. The zero-order valence-electron chi connectivity index (χ0n) is 10.5. The summed E-state index contributed by atoms with van der Waals surface area (Å²) in [6.45, 7) is 5.01. The molecule has 0 heterocycles. The summed E-state index contributed by atoms with van der Waals surface area (Å²) < 4.78 is 13.8. The van der Waals surface area contributed by atoms with Gasteiger partial charge in [-0.15, -0.1) is 0 Å². The van der Waals surface area contributed by atoms with Crippen molar-refractivity contribution < 1.29 is 4.39 Å². The fourth-order valence-corrected chi connectivity index (χ4v) is 1.81. The smallest absolute Gasteiger partial charge is 0.130 e. The molecule has 1 N–H and O–H groups in total. The molecule has 0 aliphatic heterocycles. The highest BCUT2D eigenvalue weighted by Gasteiger charge is 2.15. The van der Waals surface area contributed by atoms with E-state index in [-0.39, 0.29) is 11.9 Å². The van der Waals surface area contributed by atoms with Crippen molar-refractivity contribution in [2.75, 3.05) is 25.5 Å². The van der Waals surface area contributed by atoms with Crippen LogP contribution in [0.5, 0.6) is 0 Å². The van der Waals surface area contributed by atoms with Gasteiger partial charge in [0.2, 0.25) is 0 Å². The number of rotatable bonds is 5. The number of nitrogens with one attached hydrogen (secondary N) is 1. The highest BCUT2D eigenvalue weighted by Crippen LogP contribution is 2.27. The van der Waals surface area contributed by atoms with Gasteiger partial charge in [0, 0.05) is 31.4 Å². The molecule has 1 atom stereocenters. The molecule has 16 heavy (non-hydrogen) atoms. The van der Waals surface area contributed by atoms with Crippen LogP contribution < -0.4 is 10.2 Å². The summed E-state index contributed by atoms with van der Waals surface area (Å²) in [5.41, 5.74) is 1.69. The van der Waals surface area contributed by atoms with Crippen LogP contribution in [0.25, 0.3) is 0 Å². The van der Waals surface area contributed by atoms with Gasteiger partial charge in [0.1, 0.15) is 5.82 Å². The van der Waals surface area contributed by atoms with E-state index in [1.54, 1.807) is 6.07 Å². The van der Waals surface area contributed by atoms with Crippen LogP contribution in [0.2, 0.25) is 0 Å². The topological polar surface area (TPSA) is 15.3 Å². The van der Waals surface area contributed by atoms with Gasteiger partial charge in [0.15, 0.2) is 0 Å². The Morgan fingerprint density at radius 2 is 2.06 bits per heavy atom. The summed E-state index contributed by atoms with van der Waals surface area (Å²) in [7, 11) is 3.87.